The highest BCUT2D eigenvalue weighted by atomic mass is 19.1. The lowest BCUT2D eigenvalue weighted by Gasteiger charge is -2.15. The van der Waals surface area contributed by atoms with E-state index in [1.54, 1.807) is 26.0 Å². The summed E-state index contributed by atoms with van der Waals surface area (Å²) in [6, 6.07) is 14.5. The van der Waals surface area contributed by atoms with Crippen LogP contribution in [-0.2, 0) is 12.8 Å². The van der Waals surface area contributed by atoms with Gasteiger partial charge in [-0.1, -0.05) is 24.3 Å². The number of rotatable bonds is 7. The first kappa shape index (κ1) is 28.4. The maximum absolute atomic E-state index is 14.0. The molecule has 0 saturated heterocycles. The van der Waals surface area contributed by atoms with Crippen LogP contribution in [0.5, 0.6) is 23.0 Å². The molecule has 5 aromatic rings. The first-order chi connectivity index (χ1) is 19.9. The molecule has 8 heteroatoms. The largest absolute Gasteiger partial charge is 0.507 e. The highest BCUT2D eigenvalue weighted by molar-refractivity contribution is 5.99. The van der Waals surface area contributed by atoms with Crippen molar-refractivity contribution in [3.8, 4) is 34.1 Å². The van der Waals surface area contributed by atoms with Gasteiger partial charge in [-0.3, -0.25) is 9.59 Å². The fourth-order valence-electron chi connectivity index (χ4n) is 5.47. The normalized spacial score (nSPS) is 11.3. The van der Waals surface area contributed by atoms with Crippen molar-refractivity contribution in [3.63, 3.8) is 0 Å². The van der Waals surface area contributed by atoms with E-state index in [2.05, 4.69) is 4.98 Å². The molecule has 0 aliphatic rings. The van der Waals surface area contributed by atoms with E-state index in [9.17, 15) is 34.4 Å². The number of hydrogen-bond donors (Lipinski definition) is 5. The summed E-state index contributed by atoms with van der Waals surface area (Å²) in [5.41, 5.74) is 4.50. The van der Waals surface area contributed by atoms with Crippen LogP contribution < -0.4 is 0 Å². The zero-order valence-corrected chi connectivity index (χ0v) is 23.6. The van der Waals surface area contributed by atoms with Crippen LogP contribution >= 0.6 is 0 Å². The van der Waals surface area contributed by atoms with Gasteiger partial charge in [0.05, 0.1) is 11.1 Å². The van der Waals surface area contributed by atoms with Crippen LogP contribution in [0, 0.1) is 19.7 Å². The highest BCUT2D eigenvalue weighted by Gasteiger charge is 2.24. The molecule has 0 atom stereocenters. The number of aryl methyl sites for hydroxylation is 2. The van der Waals surface area contributed by atoms with E-state index >= 15 is 0 Å². The second-order valence-electron chi connectivity index (χ2n) is 10.7. The highest BCUT2D eigenvalue weighted by Crippen LogP contribution is 2.41. The number of aromatic amines is 1. The van der Waals surface area contributed by atoms with Gasteiger partial charge in [0.25, 0.3) is 0 Å². The van der Waals surface area contributed by atoms with Crippen molar-refractivity contribution >= 4 is 22.5 Å². The number of Topliss-reactive ketones (excluding diaryl/α,β-unsaturated/α-hetero) is 2. The van der Waals surface area contributed by atoms with Gasteiger partial charge < -0.3 is 25.4 Å². The van der Waals surface area contributed by atoms with Gasteiger partial charge in [0.1, 0.15) is 28.8 Å². The van der Waals surface area contributed by atoms with Crippen molar-refractivity contribution in [2.75, 3.05) is 0 Å². The van der Waals surface area contributed by atoms with Crippen LogP contribution in [0.2, 0.25) is 0 Å². The molecule has 0 radical (unpaired) electrons. The summed E-state index contributed by atoms with van der Waals surface area (Å²) in [6.07, 6.45) is -0.0208. The molecule has 0 amide bonds. The molecule has 5 rings (SSSR count). The number of carbonyl (C=O) groups excluding carboxylic acids is 2. The van der Waals surface area contributed by atoms with E-state index in [0.29, 0.717) is 38.9 Å². The topological polar surface area (TPSA) is 131 Å². The van der Waals surface area contributed by atoms with Crippen molar-refractivity contribution in [1.82, 2.24) is 4.98 Å². The number of halogens is 1. The Morgan fingerprint density at radius 2 is 1.24 bits per heavy atom. The molecule has 42 heavy (non-hydrogen) atoms. The van der Waals surface area contributed by atoms with Gasteiger partial charge in [-0.05, 0) is 85.8 Å². The minimum atomic E-state index is -0.376. The predicted octanol–water partition coefficient (Wildman–Crippen LogP) is 7.00. The minimum absolute atomic E-state index is 0.00117. The maximum Gasteiger partial charge on any atom is 0.163 e. The van der Waals surface area contributed by atoms with E-state index in [0.717, 1.165) is 5.56 Å². The van der Waals surface area contributed by atoms with Gasteiger partial charge in [0.15, 0.2) is 11.6 Å². The molecule has 0 spiro atoms. The molecule has 4 aromatic carbocycles. The summed E-state index contributed by atoms with van der Waals surface area (Å²) in [5.74, 6) is -2.09. The number of nitrogens with one attached hydrogen (secondary N) is 1. The van der Waals surface area contributed by atoms with Gasteiger partial charge in [-0.15, -0.1) is 0 Å². The minimum Gasteiger partial charge on any atom is -0.507 e. The van der Waals surface area contributed by atoms with Crippen LogP contribution in [-0.4, -0.2) is 37.0 Å². The predicted molar refractivity (Wildman–Crippen MR) is 158 cm³/mol. The summed E-state index contributed by atoms with van der Waals surface area (Å²) in [6.45, 7) is 5.93. The molecule has 0 fully saturated rings. The number of aromatic hydroxyl groups is 4. The first-order valence-corrected chi connectivity index (χ1v) is 13.4. The monoisotopic (exact) mass is 567 g/mol. The van der Waals surface area contributed by atoms with Gasteiger partial charge in [0, 0.05) is 40.6 Å². The SMILES string of the molecule is CC(=O)c1cc(C)c(O)c(Cc2[nH]c3cc(-c4cccc(F)c4)ccc3c2Cc2c(O)c(C)cc(C(C)=O)c2O)c1O. The van der Waals surface area contributed by atoms with Crippen molar-refractivity contribution in [2.45, 2.75) is 40.5 Å². The van der Waals surface area contributed by atoms with E-state index in [1.165, 1.54) is 38.1 Å². The molecule has 5 N–H and O–H groups in total. The van der Waals surface area contributed by atoms with Crippen molar-refractivity contribution in [2.24, 2.45) is 0 Å². The Balaban J connectivity index is 1.74. The van der Waals surface area contributed by atoms with Gasteiger partial charge >= 0.3 is 0 Å². The summed E-state index contributed by atoms with van der Waals surface area (Å²) in [4.78, 5) is 27.8. The number of phenols is 4. The van der Waals surface area contributed by atoms with E-state index in [4.69, 9.17) is 0 Å². The number of ketones is 2. The van der Waals surface area contributed by atoms with Crippen molar-refractivity contribution in [1.29, 1.82) is 0 Å². The second kappa shape index (κ2) is 10.7. The second-order valence-corrected chi connectivity index (χ2v) is 10.7. The molecule has 7 nitrogen and oxygen atoms in total. The molecule has 214 valence electrons. The lowest BCUT2D eigenvalue weighted by atomic mass is 9.92. The van der Waals surface area contributed by atoms with Gasteiger partial charge in [-0.25, -0.2) is 4.39 Å². The fraction of sp³-hybridized carbons (Fsp3) is 0.176. The van der Waals surface area contributed by atoms with E-state index < -0.39 is 0 Å². The Labute approximate surface area is 241 Å². The Morgan fingerprint density at radius 1 is 0.690 bits per heavy atom. The zero-order chi connectivity index (χ0) is 30.5. The standard InChI is InChI=1S/C34H30FNO6/c1-16-10-24(18(3)37)33(41)27(31(16)39)14-26-23-9-8-21(20-6-5-7-22(35)12-20)13-29(23)36-30(26)15-28-32(40)17(2)11-25(19(4)38)34(28)42/h5-13,36,39-42H,14-15H2,1-4H3. The van der Waals surface area contributed by atoms with E-state index in [1.807, 2.05) is 18.2 Å². The molecule has 0 saturated carbocycles. The summed E-state index contributed by atoms with van der Waals surface area (Å²) >= 11 is 0. The van der Waals surface area contributed by atoms with Crippen molar-refractivity contribution in [3.05, 3.63) is 105 Å². The molecule has 0 bridgehead atoms. The Hall–Kier alpha value is -5.11. The number of carbonyl (C=O) groups is 2. The van der Waals surface area contributed by atoms with Gasteiger partial charge in [0.2, 0.25) is 0 Å². The van der Waals surface area contributed by atoms with Crippen LogP contribution in [0.1, 0.15) is 68.1 Å². The van der Waals surface area contributed by atoms with Crippen LogP contribution in [0.4, 0.5) is 4.39 Å². The summed E-state index contributed by atoms with van der Waals surface area (Å²) < 4.78 is 14.0. The Morgan fingerprint density at radius 3 is 1.79 bits per heavy atom. The Bertz CT molecular complexity index is 1920. The smallest absolute Gasteiger partial charge is 0.163 e. The third-order valence-corrected chi connectivity index (χ3v) is 7.74. The average molecular weight is 568 g/mol. The quantitative estimate of drug-likeness (QED) is 0.135. The number of benzene rings is 4. The molecular formula is C34H30FNO6. The molecular weight excluding hydrogens is 537 g/mol. The van der Waals surface area contributed by atoms with Crippen molar-refractivity contribution < 1.29 is 34.4 Å². The molecule has 1 heterocycles. The Kier molecular flexibility index (Phi) is 7.24. The van der Waals surface area contributed by atoms with Gasteiger partial charge in [-0.2, -0.15) is 0 Å². The van der Waals surface area contributed by atoms with Crippen LogP contribution in [0.15, 0.2) is 54.6 Å². The maximum atomic E-state index is 14.0. The summed E-state index contributed by atoms with van der Waals surface area (Å²) in [5, 5.41) is 44.5. The van der Waals surface area contributed by atoms with Crippen LogP contribution in [0.3, 0.4) is 0 Å². The lowest BCUT2D eigenvalue weighted by molar-refractivity contribution is 0.100. The summed E-state index contributed by atoms with van der Waals surface area (Å²) in [7, 11) is 0. The zero-order valence-electron chi connectivity index (χ0n) is 23.6. The third kappa shape index (κ3) is 4.96. The van der Waals surface area contributed by atoms with E-state index in [-0.39, 0.29) is 75.5 Å². The molecule has 0 unspecified atom stereocenters. The number of phenolic OH excluding ortho intramolecular Hbond substituents is 4. The number of fused-ring (bicyclic) bond motifs is 1. The molecule has 0 aliphatic heterocycles. The number of H-pyrrole nitrogens is 1. The first-order valence-electron chi connectivity index (χ1n) is 13.4. The average Bonchev–Trinajstić information content (AvgIpc) is 3.28. The molecule has 0 aliphatic carbocycles. The number of hydrogen-bond acceptors (Lipinski definition) is 6. The van der Waals surface area contributed by atoms with Crippen LogP contribution in [0.25, 0.3) is 22.0 Å². The third-order valence-electron chi connectivity index (χ3n) is 7.74. The molecule has 1 aromatic heterocycles. The fourth-order valence-corrected chi connectivity index (χ4v) is 5.47. The lowest BCUT2D eigenvalue weighted by Crippen LogP contribution is -2.03. The number of aromatic nitrogens is 1.